The summed E-state index contributed by atoms with van der Waals surface area (Å²) >= 11 is 1.40. The van der Waals surface area contributed by atoms with Gasteiger partial charge >= 0.3 is 0 Å². The van der Waals surface area contributed by atoms with E-state index in [2.05, 4.69) is 20.5 Å². The number of benzene rings is 1. The normalized spacial score (nSPS) is 10.3. The molecule has 0 unspecified atom stereocenters. The monoisotopic (exact) mass is 270 g/mol. The first-order chi connectivity index (χ1) is 9.33. The van der Waals surface area contributed by atoms with Gasteiger partial charge in [0.25, 0.3) is 5.91 Å². The summed E-state index contributed by atoms with van der Waals surface area (Å²) in [5, 5.41) is 11.3. The molecule has 6 heteroatoms. The minimum atomic E-state index is -0.199. The topological polar surface area (TPSA) is 70.7 Å². The number of thiazole rings is 1. The molecule has 0 aliphatic rings. The summed E-state index contributed by atoms with van der Waals surface area (Å²) in [6, 6.07) is 9.43. The Hall–Kier alpha value is -2.47. The Morgan fingerprint density at radius 3 is 2.68 bits per heavy atom. The summed E-state index contributed by atoms with van der Waals surface area (Å²) in [4.78, 5) is 15.8. The maximum Gasteiger partial charge on any atom is 0.275 e. The highest BCUT2D eigenvalue weighted by Gasteiger charge is 2.07. The van der Waals surface area contributed by atoms with Gasteiger partial charge in [-0.15, -0.1) is 11.3 Å². The molecule has 0 radical (unpaired) electrons. The first-order valence-corrected chi connectivity index (χ1v) is 6.56. The Morgan fingerprint density at radius 2 is 2.05 bits per heavy atom. The summed E-state index contributed by atoms with van der Waals surface area (Å²) < 4.78 is 0. The van der Waals surface area contributed by atoms with Gasteiger partial charge in [-0.05, 0) is 23.8 Å². The van der Waals surface area contributed by atoms with Crippen molar-refractivity contribution in [2.75, 3.05) is 5.32 Å². The van der Waals surface area contributed by atoms with Crippen LogP contribution in [0.25, 0.3) is 11.3 Å². The van der Waals surface area contributed by atoms with Crippen molar-refractivity contribution in [3.05, 3.63) is 53.1 Å². The molecular formula is C13H10N4OS. The number of aromatic amines is 1. The zero-order valence-electron chi connectivity index (χ0n) is 9.83. The number of hydrogen-bond acceptors (Lipinski definition) is 4. The second-order valence-electron chi connectivity index (χ2n) is 3.88. The van der Waals surface area contributed by atoms with E-state index in [1.54, 1.807) is 17.1 Å². The first-order valence-electron chi connectivity index (χ1n) is 5.62. The van der Waals surface area contributed by atoms with Crippen molar-refractivity contribution in [3.63, 3.8) is 0 Å². The van der Waals surface area contributed by atoms with Crippen molar-refractivity contribution in [1.82, 2.24) is 15.2 Å². The number of rotatable bonds is 3. The molecule has 0 aliphatic carbocycles. The van der Waals surface area contributed by atoms with Gasteiger partial charge in [0.05, 0.1) is 11.2 Å². The van der Waals surface area contributed by atoms with Crippen LogP contribution in [0.1, 0.15) is 10.5 Å². The molecule has 2 aromatic heterocycles. The predicted molar refractivity (Wildman–Crippen MR) is 74.1 cm³/mol. The number of carbonyl (C=O) groups excluding carboxylic acids is 1. The molecule has 0 fully saturated rings. The standard InChI is InChI=1S/C13H10N4OS/c18-13(12-7-19-8-14-12)16-10-3-1-9(2-4-10)11-5-6-15-17-11/h1-8H,(H,15,17)(H,16,18). The molecule has 2 heterocycles. The van der Waals surface area contributed by atoms with Crippen molar-refractivity contribution in [2.45, 2.75) is 0 Å². The molecular weight excluding hydrogens is 260 g/mol. The van der Waals surface area contributed by atoms with Gasteiger partial charge in [-0.2, -0.15) is 5.10 Å². The number of anilines is 1. The van der Waals surface area contributed by atoms with E-state index in [1.807, 2.05) is 30.3 Å². The third-order valence-corrected chi connectivity index (χ3v) is 3.21. The zero-order valence-corrected chi connectivity index (χ0v) is 10.6. The lowest BCUT2D eigenvalue weighted by atomic mass is 10.1. The highest BCUT2D eigenvalue weighted by atomic mass is 32.1. The van der Waals surface area contributed by atoms with Crippen molar-refractivity contribution < 1.29 is 4.79 Å². The summed E-state index contributed by atoms with van der Waals surface area (Å²) in [7, 11) is 0. The zero-order chi connectivity index (χ0) is 13.1. The molecule has 3 aromatic rings. The lowest BCUT2D eigenvalue weighted by Crippen LogP contribution is -2.11. The molecule has 1 aromatic carbocycles. The van der Waals surface area contributed by atoms with Crippen LogP contribution in [0, 0.1) is 0 Å². The van der Waals surface area contributed by atoms with E-state index in [0.717, 1.165) is 16.9 Å². The third kappa shape index (κ3) is 2.53. The van der Waals surface area contributed by atoms with Gasteiger partial charge in [-0.1, -0.05) is 12.1 Å². The fourth-order valence-corrected chi connectivity index (χ4v) is 2.20. The Balaban J connectivity index is 1.75. The van der Waals surface area contributed by atoms with Gasteiger partial charge in [-0.25, -0.2) is 4.98 Å². The number of nitrogens with zero attached hydrogens (tertiary/aromatic N) is 2. The Labute approximate surface area is 113 Å². The van der Waals surface area contributed by atoms with Crippen LogP contribution in [-0.2, 0) is 0 Å². The maximum absolute atomic E-state index is 11.8. The first kappa shape index (κ1) is 11.6. The molecule has 3 rings (SSSR count). The number of hydrogen-bond donors (Lipinski definition) is 2. The Bertz CT molecular complexity index is 659. The van der Waals surface area contributed by atoms with E-state index >= 15 is 0 Å². The quantitative estimate of drug-likeness (QED) is 0.768. The molecule has 0 spiro atoms. The van der Waals surface area contributed by atoms with Gasteiger partial charge in [0.2, 0.25) is 0 Å². The van der Waals surface area contributed by atoms with Crippen molar-refractivity contribution in [2.24, 2.45) is 0 Å². The van der Waals surface area contributed by atoms with E-state index in [4.69, 9.17) is 0 Å². The van der Waals surface area contributed by atoms with Gasteiger partial charge in [-0.3, -0.25) is 9.89 Å². The number of amides is 1. The van der Waals surface area contributed by atoms with Crippen LogP contribution in [0.5, 0.6) is 0 Å². The lowest BCUT2D eigenvalue weighted by Gasteiger charge is -2.04. The van der Waals surface area contributed by atoms with E-state index in [-0.39, 0.29) is 5.91 Å². The molecule has 0 atom stereocenters. The van der Waals surface area contributed by atoms with Gasteiger partial charge in [0.15, 0.2) is 0 Å². The maximum atomic E-state index is 11.8. The summed E-state index contributed by atoms with van der Waals surface area (Å²) in [6.45, 7) is 0. The van der Waals surface area contributed by atoms with Gasteiger partial charge < -0.3 is 5.32 Å². The molecule has 19 heavy (non-hydrogen) atoms. The minimum Gasteiger partial charge on any atom is -0.321 e. The Kier molecular flexibility index (Phi) is 3.07. The van der Waals surface area contributed by atoms with Gasteiger partial charge in [0, 0.05) is 17.3 Å². The number of H-pyrrole nitrogens is 1. The lowest BCUT2D eigenvalue weighted by molar-refractivity contribution is 0.102. The SMILES string of the molecule is O=C(Nc1ccc(-c2ccn[nH]2)cc1)c1cscn1. The van der Waals surface area contributed by atoms with Crippen molar-refractivity contribution in [3.8, 4) is 11.3 Å². The second kappa shape index (κ2) is 5.03. The summed E-state index contributed by atoms with van der Waals surface area (Å²) in [6.07, 6.45) is 1.70. The van der Waals surface area contributed by atoms with E-state index in [9.17, 15) is 4.79 Å². The van der Waals surface area contributed by atoms with Crippen LogP contribution in [0.4, 0.5) is 5.69 Å². The predicted octanol–water partition coefficient (Wildman–Crippen LogP) is 2.79. The van der Waals surface area contributed by atoms with E-state index < -0.39 is 0 Å². The molecule has 1 amide bonds. The largest absolute Gasteiger partial charge is 0.321 e. The molecule has 5 nitrogen and oxygen atoms in total. The molecule has 94 valence electrons. The van der Waals surface area contributed by atoms with E-state index in [0.29, 0.717) is 5.69 Å². The van der Waals surface area contributed by atoms with Crippen LogP contribution in [0.3, 0.4) is 0 Å². The van der Waals surface area contributed by atoms with Crippen LogP contribution in [-0.4, -0.2) is 21.1 Å². The minimum absolute atomic E-state index is 0.199. The van der Waals surface area contributed by atoms with Crippen LogP contribution >= 0.6 is 11.3 Å². The fraction of sp³-hybridized carbons (Fsp3) is 0. The highest BCUT2D eigenvalue weighted by molar-refractivity contribution is 7.07. The Morgan fingerprint density at radius 1 is 1.21 bits per heavy atom. The number of nitrogens with one attached hydrogen (secondary N) is 2. The molecule has 0 saturated heterocycles. The summed E-state index contributed by atoms with van der Waals surface area (Å²) in [5.41, 5.74) is 4.77. The molecule has 0 bridgehead atoms. The third-order valence-electron chi connectivity index (χ3n) is 2.62. The van der Waals surface area contributed by atoms with Crippen molar-refractivity contribution >= 4 is 22.9 Å². The second-order valence-corrected chi connectivity index (χ2v) is 4.59. The average Bonchev–Trinajstić information content (AvgIpc) is 3.13. The van der Waals surface area contributed by atoms with Gasteiger partial charge in [0.1, 0.15) is 5.69 Å². The molecule has 0 saturated carbocycles. The highest BCUT2D eigenvalue weighted by Crippen LogP contribution is 2.19. The van der Waals surface area contributed by atoms with Crippen LogP contribution < -0.4 is 5.32 Å². The fourth-order valence-electron chi connectivity index (χ4n) is 1.67. The smallest absolute Gasteiger partial charge is 0.275 e. The number of aromatic nitrogens is 3. The van der Waals surface area contributed by atoms with Crippen LogP contribution in [0.2, 0.25) is 0 Å². The van der Waals surface area contributed by atoms with E-state index in [1.165, 1.54) is 11.3 Å². The van der Waals surface area contributed by atoms with Crippen LogP contribution in [0.15, 0.2) is 47.4 Å². The van der Waals surface area contributed by atoms with Crippen molar-refractivity contribution in [1.29, 1.82) is 0 Å². The molecule has 2 N–H and O–H groups in total. The average molecular weight is 270 g/mol. The molecule has 0 aliphatic heterocycles. The number of carbonyl (C=O) groups is 1. The summed E-state index contributed by atoms with van der Waals surface area (Å²) in [5.74, 6) is -0.199.